The molecule has 0 aromatic heterocycles. The highest BCUT2D eigenvalue weighted by molar-refractivity contribution is 5.55. The average molecular weight is 771 g/mol. The van der Waals surface area contributed by atoms with Gasteiger partial charge in [0, 0.05) is 28.9 Å². The second kappa shape index (κ2) is 20.7. The second-order valence-electron chi connectivity index (χ2n) is 18.3. The average Bonchev–Trinajstić information content (AvgIpc) is 3.20. The van der Waals surface area contributed by atoms with Crippen molar-refractivity contribution in [3.63, 3.8) is 0 Å². The van der Waals surface area contributed by atoms with Crippen LogP contribution < -0.4 is 20.9 Å². The van der Waals surface area contributed by atoms with Gasteiger partial charge in [-0.25, -0.2) is 0 Å². The molecule has 0 heterocycles. The molecule has 308 valence electrons. The summed E-state index contributed by atoms with van der Waals surface area (Å²) in [6.07, 6.45) is 27.9. The molecule has 0 saturated heterocycles. The Kier molecular flexibility index (Phi) is 15.5. The van der Waals surface area contributed by atoms with Crippen molar-refractivity contribution in [1.29, 1.82) is 0 Å². The Balaban J connectivity index is 1.11. The first-order valence-corrected chi connectivity index (χ1v) is 23.0. The molecule has 2 aliphatic carbocycles. The molecule has 57 heavy (non-hydrogen) atoms. The van der Waals surface area contributed by atoms with Crippen LogP contribution in [0.25, 0.3) is 0 Å². The van der Waals surface area contributed by atoms with Gasteiger partial charge in [0.15, 0.2) is 0 Å². The molecule has 6 rings (SSSR count). The molecule has 2 aliphatic rings. The van der Waals surface area contributed by atoms with Crippen LogP contribution in [-0.2, 0) is 5.41 Å². The third-order valence-electron chi connectivity index (χ3n) is 13.8. The minimum Gasteiger partial charge on any atom is -0.457 e. The number of nitrogens with two attached hydrogens (primary N) is 2. The highest BCUT2D eigenvalue weighted by atomic mass is 16.5. The first kappa shape index (κ1) is 42.7. The molecule has 2 fully saturated rings. The van der Waals surface area contributed by atoms with E-state index in [9.17, 15) is 0 Å². The summed E-state index contributed by atoms with van der Waals surface area (Å²) in [6.45, 7) is 11.1. The van der Waals surface area contributed by atoms with Gasteiger partial charge in [0.25, 0.3) is 0 Å². The second-order valence-corrected chi connectivity index (χ2v) is 18.3. The molecule has 0 bridgehead atoms. The summed E-state index contributed by atoms with van der Waals surface area (Å²) in [6, 6.07) is 25.1. The van der Waals surface area contributed by atoms with Crippen molar-refractivity contribution in [3.8, 4) is 23.0 Å². The Bertz CT molecular complexity index is 1710. The van der Waals surface area contributed by atoms with E-state index in [1.807, 2.05) is 48.5 Å². The minimum absolute atomic E-state index is 0.0702. The van der Waals surface area contributed by atoms with Gasteiger partial charge < -0.3 is 20.9 Å². The summed E-state index contributed by atoms with van der Waals surface area (Å²) in [5.41, 5.74) is 21.1. The minimum atomic E-state index is -0.0702. The van der Waals surface area contributed by atoms with Gasteiger partial charge in [-0.15, -0.1) is 0 Å². The summed E-state index contributed by atoms with van der Waals surface area (Å²) >= 11 is 0. The monoisotopic (exact) mass is 771 g/mol. The molecule has 4 heteroatoms. The molecule has 4 aromatic carbocycles. The zero-order valence-corrected chi connectivity index (χ0v) is 36.3. The maximum absolute atomic E-state index is 6.48. The Morgan fingerprint density at radius 3 is 1.33 bits per heavy atom. The number of anilines is 2. The van der Waals surface area contributed by atoms with E-state index in [4.69, 9.17) is 20.9 Å². The number of nitrogen functional groups attached to an aromatic ring is 2. The van der Waals surface area contributed by atoms with E-state index < -0.39 is 0 Å². The summed E-state index contributed by atoms with van der Waals surface area (Å²) in [5, 5.41) is 0. The fourth-order valence-corrected chi connectivity index (χ4v) is 10.6. The first-order chi connectivity index (χ1) is 27.6. The van der Waals surface area contributed by atoms with Gasteiger partial charge in [0.05, 0.1) is 0 Å². The zero-order valence-electron chi connectivity index (χ0n) is 36.3. The van der Waals surface area contributed by atoms with E-state index >= 15 is 0 Å². The molecule has 0 radical (unpaired) electrons. The predicted molar refractivity (Wildman–Crippen MR) is 243 cm³/mol. The molecule has 4 aromatic rings. The summed E-state index contributed by atoms with van der Waals surface area (Å²) in [7, 11) is 0. The first-order valence-electron chi connectivity index (χ1n) is 23.0. The maximum atomic E-state index is 6.48. The van der Waals surface area contributed by atoms with Crippen molar-refractivity contribution in [1.82, 2.24) is 0 Å². The molecule has 0 aliphatic heterocycles. The van der Waals surface area contributed by atoms with Gasteiger partial charge >= 0.3 is 0 Å². The van der Waals surface area contributed by atoms with Gasteiger partial charge in [-0.2, -0.15) is 0 Å². The van der Waals surface area contributed by atoms with E-state index in [1.54, 1.807) is 0 Å². The van der Waals surface area contributed by atoms with Crippen LogP contribution in [0.1, 0.15) is 169 Å². The number of rotatable bonds is 19. The van der Waals surface area contributed by atoms with Crippen molar-refractivity contribution < 1.29 is 9.47 Å². The fourth-order valence-electron chi connectivity index (χ4n) is 10.6. The molecular weight excluding hydrogens is 697 g/mol. The van der Waals surface area contributed by atoms with Crippen LogP contribution in [0.2, 0.25) is 0 Å². The van der Waals surface area contributed by atoms with E-state index in [0.717, 1.165) is 40.8 Å². The Hall–Kier alpha value is -3.92. The molecule has 4 nitrogen and oxygen atoms in total. The highest BCUT2D eigenvalue weighted by Gasteiger charge is 2.42. The Morgan fingerprint density at radius 1 is 0.509 bits per heavy atom. The van der Waals surface area contributed by atoms with Gasteiger partial charge in [-0.3, -0.25) is 0 Å². The van der Waals surface area contributed by atoms with Gasteiger partial charge in [0.1, 0.15) is 23.0 Å². The lowest BCUT2D eigenvalue weighted by Crippen LogP contribution is -2.36. The molecule has 0 atom stereocenters. The van der Waals surface area contributed by atoms with E-state index in [0.29, 0.717) is 11.4 Å². The normalized spacial score (nSPS) is 18.4. The number of benzene rings is 4. The lowest BCUT2D eigenvalue weighted by Gasteiger charge is -2.45. The third kappa shape index (κ3) is 11.4. The predicted octanol–water partition coefficient (Wildman–Crippen LogP) is 15.7. The third-order valence-corrected chi connectivity index (χ3v) is 13.8. The summed E-state index contributed by atoms with van der Waals surface area (Å²) < 4.78 is 13.0. The summed E-state index contributed by atoms with van der Waals surface area (Å²) in [4.78, 5) is 0. The number of unbranched alkanes of at least 4 members (excludes halogenated alkanes) is 10. The lowest BCUT2D eigenvalue weighted by atomic mass is 9.59. The van der Waals surface area contributed by atoms with Crippen molar-refractivity contribution in [2.45, 2.75) is 168 Å². The SMILES string of the molecule is CCCCCCCCCCCCC[C@H]1CC[C@@H](C2CCC(c3cc(C)c(Oc4cccc(N)c4)c(C)c3)(c3cc(C)c(Oc4cccc(N)c4)c(C)c3)CC2)CC1. The van der Waals surface area contributed by atoms with Crippen molar-refractivity contribution in [2.24, 2.45) is 17.8 Å². The van der Waals surface area contributed by atoms with Crippen LogP contribution in [0.15, 0.2) is 72.8 Å². The molecule has 0 amide bonds. The van der Waals surface area contributed by atoms with Crippen LogP contribution in [0, 0.1) is 45.4 Å². The molecule has 2 saturated carbocycles. The molecular formula is C53H74N2O2. The smallest absolute Gasteiger partial charge is 0.133 e. The van der Waals surface area contributed by atoms with Crippen molar-refractivity contribution in [3.05, 3.63) is 106 Å². The quantitative estimate of drug-likeness (QED) is 0.0736. The molecule has 0 unspecified atom stereocenters. The van der Waals surface area contributed by atoms with Crippen LogP contribution in [0.4, 0.5) is 11.4 Å². The van der Waals surface area contributed by atoms with Crippen molar-refractivity contribution >= 4 is 11.4 Å². The maximum Gasteiger partial charge on any atom is 0.133 e. The largest absolute Gasteiger partial charge is 0.457 e. The lowest BCUT2D eigenvalue weighted by molar-refractivity contribution is 0.140. The van der Waals surface area contributed by atoms with Gasteiger partial charge in [-0.05, 0) is 142 Å². The van der Waals surface area contributed by atoms with Gasteiger partial charge in [0.2, 0.25) is 0 Å². The van der Waals surface area contributed by atoms with Crippen LogP contribution in [0.5, 0.6) is 23.0 Å². The Labute approximate surface area is 346 Å². The standard InChI is InChI=1S/C53H74N2O2/c1-6-7-8-9-10-11-12-13-14-15-16-19-42-24-26-43(27-25-42)44-28-30-53(31-29-44,45-32-38(2)51(39(3)33-45)56-49-22-17-20-47(54)36-49)46-34-40(4)52(41(5)35-46)57-50-23-18-21-48(55)37-50/h17-18,20-23,32-37,42-44H,6-16,19,24-31,54-55H2,1-5H3/t42-,43+. The Morgan fingerprint density at radius 2 is 0.912 bits per heavy atom. The van der Waals surface area contributed by atoms with Crippen LogP contribution in [0.3, 0.4) is 0 Å². The van der Waals surface area contributed by atoms with E-state index in [1.165, 1.54) is 162 Å². The van der Waals surface area contributed by atoms with Gasteiger partial charge in [-0.1, -0.05) is 133 Å². The fraction of sp³-hybridized carbons (Fsp3) is 0.547. The topological polar surface area (TPSA) is 70.5 Å². The zero-order chi connectivity index (χ0) is 40.2. The van der Waals surface area contributed by atoms with E-state index in [2.05, 4.69) is 58.9 Å². The van der Waals surface area contributed by atoms with Crippen LogP contribution in [-0.4, -0.2) is 0 Å². The number of hydrogen-bond acceptors (Lipinski definition) is 4. The number of aryl methyl sites for hydroxylation is 4. The van der Waals surface area contributed by atoms with Crippen molar-refractivity contribution in [2.75, 3.05) is 11.5 Å². The highest BCUT2D eigenvalue weighted by Crippen LogP contribution is 2.52. The summed E-state index contributed by atoms with van der Waals surface area (Å²) in [5.74, 6) is 6.07. The van der Waals surface area contributed by atoms with E-state index in [-0.39, 0.29) is 5.41 Å². The molecule has 0 spiro atoms. The van der Waals surface area contributed by atoms with Crippen LogP contribution >= 0.6 is 0 Å². The number of ether oxygens (including phenoxy) is 2. The number of hydrogen-bond donors (Lipinski definition) is 2. The molecule has 4 N–H and O–H groups in total.